The maximum atomic E-state index is 13.7. The molecule has 0 aliphatic rings. The highest BCUT2D eigenvalue weighted by atomic mass is 16.5. The van der Waals surface area contributed by atoms with Crippen LogP contribution < -0.4 is 21.3 Å². The zero-order chi connectivity index (χ0) is 26.4. The van der Waals surface area contributed by atoms with Gasteiger partial charge in [0.2, 0.25) is 5.91 Å². The predicted molar refractivity (Wildman–Crippen MR) is 140 cm³/mol. The summed E-state index contributed by atoms with van der Waals surface area (Å²) in [6.45, 7) is 0.928. The largest absolute Gasteiger partial charge is 0.496 e. The number of aldehydes is 1. The highest BCUT2D eigenvalue weighted by molar-refractivity contribution is 5.79. The number of amides is 1. The number of carbonyl (C=O) groups excluding carboxylic acids is 2. The van der Waals surface area contributed by atoms with Crippen LogP contribution in [0.2, 0.25) is 0 Å². The number of hydrogen-bond acceptors (Lipinski definition) is 6. The summed E-state index contributed by atoms with van der Waals surface area (Å²) in [5, 5.41) is 3.13. The number of para-hydroxylation sites is 1. The van der Waals surface area contributed by atoms with Gasteiger partial charge in [-0.25, -0.2) is 9.36 Å². The molecular formula is C28H27N3O6. The van der Waals surface area contributed by atoms with Crippen LogP contribution in [0.5, 0.6) is 5.75 Å². The molecule has 0 aliphatic carbocycles. The summed E-state index contributed by atoms with van der Waals surface area (Å²) in [5.74, 6) is 0.369. The van der Waals surface area contributed by atoms with E-state index in [4.69, 9.17) is 9.47 Å². The van der Waals surface area contributed by atoms with Crippen molar-refractivity contribution in [2.45, 2.75) is 13.0 Å². The van der Waals surface area contributed by atoms with Gasteiger partial charge >= 0.3 is 5.69 Å². The minimum atomic E-state index is -0.535. The van der Waals surface area contributed by atoms with E-state index in [-0.39, 0.29) is 18.9 Å². The smallest absolute Gasteiger partial charge is 0.336 e. The quantitative estimate of drug-likeness (QED) is 0.264. The Bertz CT molecular complexity index is 1550. The summed E-state index contributed by atoms with van der Waals surface area (Å²) < 4.78 is 13.0. The predicted octanol–water partition coefficient (Wildman–Crippen LogP) is 2.33. The number of methoxy groups -OCH3 is 2. The van der Waals surface area contributed by atoms with E-state index in [1.54, 1.807) is 73.8 Å². The van der Waals surface area contributed by atoms with Gasteiger partial charge in [-0.3, -0.25) is 19.0 Å². The van der Waals surface area contributed by atoms with Crippen LogP contribution >= 0.6 is 0 Å². The molecule has 0 bridgehead atoms. The molecule has 0 saturated carbocycles. The first-order valence-electron chi connectivity index (χ1n) is 11.7. The molecule has 1 aromatic heterocycles. The lowest BCUT2D eigenvalue weighted by molar-refractivity contribution is -0.120. The van der Waals surface area contributed by atoms with Crippen LogP contribution in [0.3, 0.4) is 0 Å². The number of fused-ring (bicyclic) bond motifs is 1. The fourth-order valence-electron chi connectivity index (χ4n) is 4.17. The fraction of sp³-hybridized carbons (Fsp3) is 0.214. The summed E-state index contributed by atoms with van der Waals surface area (Å²) in [4.78, 5) is 50.6. The Morgan fingerprint density at radius 1 is 1.00 bits per heavy atom. The van der Waals surface area contributed by atoms with Crippen LogP contribution in [-0.4, -0.2) is 48.7 Å². The van der Waals surface area contributed by atoms with Crippen molar-refractivity contribution in [3.63, 3.8) is 0 Å². The zero-order valence-corrected chi connectivity index (χ0v) is 20.6. The number of aromatic nitrogens is 2. The van der Waals surface area contributed by atoms with E-state index in [9.17, 15) is 19.2 Å². The number of nitrogens with one attached hydrogen (secondary N) is 1. The maximum Gasteiger partial charge on any atom is 0.336 e. The second kappa shape index (κ2) is 11.5. The molecular weight excluding hydrogens is 474 g/mol. The number of benzene rings is 3. The molecule has 1 heterocycles. The SMILES string of the molecule is COCCNC(=O)Cc1ccc(-n2c(=O)c3ccccc3n(Cc3cc(C=O)ccc3OC)c2=O)cc1. The minimum Gasteiger partial charge on any atom is -0.496 e. The van der Waals surface area contributed by atoms with E-state index < -0.39 is 11.2 Å². The van der Waals surface area contributed by atoms with E-state index in [0.717, 1.165) is 16.4 Å². The molecule has 0 radical (unpaired) electrons. The fourth-order valence-corrected chi connectivity index (χ4v) is 4.17. The Morgan fingerprint density at radius 2 is 1.76 bits per heavy atom. The molecule has 0 atom stereocenters. The number of carbonyl (C=O) groups is 2. The molecule has 0 fully saturated rings. The van der Waals surface area contributed by atoms with Gasteiger partial charge in [0.05, 0.1) is 43.3 Å². The molecule has 0 spiro atoms. The minimum absolute atomic E-state index is 0.0875. The van der Waals surface area contributed by atoms with Gasteiger partial charge in [0, 0.05) is 24.8 Å². The van der Waals surface area contributed by atoms with Crippen LogP contribution in [0.25, 0.3) is 16.6 Å². The molecule has 37 heavy (non-hydrogen) atoms. The van der Waals surface area contributed by atoms with Crippen molar-refractivity contribution in [1.82, 2.24) is 14.5 Å². The molecule has 1 amide bonds. The summed E-state index contributed by atoms with van der Waals surface area (Å²) in [7, 11) is 3.08. The van der Waals surface area contributed by atoms with Crippen molar-refractivity contribution >= 4 is 23.1 Å². The topological polar surface area (TPSA) is 109 Å². The zero-order valence-electron chi connectivity index (χ0n) is 20.6. The number of ether oxygens (including phenoxy) is 2. The van der Waals surface area contributed by atoms with Gasteiger partial charge in [-0.1, -0.05) is 24.3 Å². The first kappa shape index (κ1) is 25.6. The van der Waals surface area contributed by atoms with Crippen molar-refractivity contribution in [2.75, 3.05) is 27.4 Å². The lowest BCUT2D eigenvalue weighted by Crippen LogP contribution is -2.39. The molecule has 190 valence electrons. The van der Waals surface area contributed by atoms with Gasteiger partial charge in [0.1, 0.15) is 12.0 Å². The van der Waals surface area contributed by atoms with E-state index in [0.29, 0.717) is 46.6 Å². The summed E-state index contributed by atoms with van der Waals surface area (Å²) in [6.07, 6.45) is 0.887. The third-order valence-corrected chi connectivity index (χ3v) is 6.01. The average molecular weight is 502 g/mol. The maximum absolute atomic E-state index is 13.7. The molecule has 0 aliphatic heterocycles. The number of hydrogen-bond donors (Lipinski definition) is 1. The molecule has 9 heteroatoms. The van der Waals surface area contributed by atoms with Gasteiger partial charge in [-0.15, -0.1) is 0 Å². The lowest BCUT2D eigenvalue weighted by Gasteiger charge is -2.16. The Morgan fingerprint density at radius 3 is 2.46 bits per heavy atom. The highest BCUT2D eigenvalue weighted by Crippen LogP contribution is 2.21. The van der Waals surface area contributed by atoms with Gasteiger partial charge in [-0.2, -0.15) is 0 Å². The van der Waals surface area contributed by atoms with Crippen LogP contribution in [0, 0.1) is 0 Å². The van der Waals surface area contributed by atoms with E-state index in [1.807, 2.05) is 0 Å². The molecule has 3 aromatic carbocycles. The van der Waals surface area contributed by atoms with Crippen molar-refractivity contribution in [3.05, 3.63) is 104 Å². The second-order valence-corrected chi connectivity index (χ2v) is 8.40. The monoisotopic (exact) mass is 501 g/mol. The normalized spacial score (nSPS) is 10.9. The van der Waals surface area contributed by atoms with Crippen molar-refractivity contribution in [2.24, 2.45) is 0 Å². The van der Waals surface area contributed by atoms with Crippen molar-refractivity contribution < 1.29 is 19.1 Å². The van der Waals surface area contributed by atoms with Crippen LogP contribution in [0.1, 0.15) is 21.5 Å². The standard InChI is InChI=1S/C28H27N3O6/c1-36-14-13-29-26(33)16-19-7-10-22(11-8-19)31-27(34)23-5-3-4-6-24(23)30(28(31)35)17-21-15-20(18-32)9-12-25(21)37-2/h3-12,15,18H,13-14,16-17H2,1-2H3,(H,29,33). The molecule has 4 aromatic rings. The van der Waals surface area contributed by atoms with Crippen molar-refractivity contribution in [1.29, 1.82) is 0 Å². The highest BCUT2D eigenvalue weighted by Gasteiger charge is 2.16. The van der Waals surface area contributed by atoms with E-state index in [2.05, 4.69) is 5.32 Å². The summed E-state index contributed by atoms with van der Waals surface area (Å²) in [6, 6.07) is 18.6. The van der Waals surface area contributed by atoms with Gasteiger partial charge in [0.15, 0.2) is 0 Å². The first-order chi connectivity index (χ1) is 18.0. The Hall–Kier alpha value is -4.50. The van der Waals surface area contributed by atoms with Crippen molar-refractivity contribution in [3.8, 4) is 11.4 Å². The van der Waals surface area contributed by atoms with Gasteiger partial charge < -0.3 is 14.8 Å². The second-order valence-electron chi connectivity index (χ2n) is 8.40. The molecule has 0 saturated heterocycles. The Kier molecular flexibility index (Phi) is 7.95. The Balaban J connectivity index is 1.76. The van der Waals surface area contributed by atoms with Crippen LogP contribution in [0.4, 0.5) is 0 Å². The number of nitrogens with zero attached hydrogens (tertiary/aromatic N) is 2. The Labute approximate surface area is 212 Å². The molecule has 0 unspecified atom stereocenters. The molecule has 4 rings (SSSR count). The van der Waals surface area contributed by atoms with Gasteiger partial charge in [0.25, 0.3) is 5.56 Å². The third-order valence-electron chi connectivity index (χ3n) is 6.01. The van der Waals surface area contributed by atoms with Crippen LogP contribution in [0.15, 0.2) is 76.3 Å². The lowest BCUT2D eigenvalue weighted by atomic mass is 10.1. The first-order valence-corrected chi connectivity index (χ1v) is 11.7. The van der Waals surface area contributed by atoms with Gasteiger partial charge in [-0.05, 0) is 48.0 Å². The van der Waals surface area contributed by atoms with E-state index in [1.165, 1.54) is 11.7 Å². The third kappa shape index (κ3) is 5.52. The molecule has 1 N–H and O–H groups in total. The average Bonchev–Trinajstić information content (AvgIpc) is 2.92. The summed E-state index contributed by atoms with van der Waals surface area (Å²) >= 11 is 0. The number of rotatable bonds is 10. The van der Waals surface area contributed by atoms with E-state index >= 15 is 0 Å². The molecule has 9 nitrogen and oxygen atoms in total. The summed E-state index contributed by atoms with van der Waals surface area (Å²) in [5.41, 5.74) is 1.68. The van der Waals surface area contributed by atoms with Crippen LogP contribution in [-0.2, 0) is 22.5 Å².